The van der Waals surface area contributed by atoms with E-state index >= 15 is 0 Å². The zero-order valence-electron chi connectivity index (χ0n) is 21.5. The molecule has 1 saturated heterocycles. The first kappa shape index (κ1) is 27.7. The van der Waals surface area contributed by atoms with Crippen molar-refractivity contribution < 1.29 is 18.8 Å². The molecule has 0 aromatic heterocycles. The van der Waals surface area contributed by atoms with E-state index in [2.05, 4.69) is 39.2 Å². The Bertz CT molecular complexity index is 815. The van der Waals surface area contributed by atoms with Crippen LogP contribution in [0.25, 0.3) is 0 Å². The summed E-state index contributed by atoms with van der Waals surface area (Å²) in [5, 5.41) is 3.53. The lowest BCUT2D eigenvalue weighted by atomic mass is 10.0. The van der Waals surface area contributed by atoms with E-state index in [9.17, 15) is 9.59 Å². The van der Waals surface area contributed by atoms with Crippen LogP contribution in [0.2, 0.25) is 23.2 Å². The molecule has 186 valence electrons. The minimum atomic E-state index is -2.00. The van der Waals surface area contributed by atoms with Gasteiger partial charge >= 0.3 is 6.09 Å². The van der Waals surface area contributed by atoms with E-state index in [0.29, 0.717) is 30.2 Å². The molecule has 1 heterocycles. The van der Waals surface area contributed by atoms with E-state index < -0.39 is 20.0 Å². The van der Waals surface area contributed by atoms with Gasteiger partial charge in [0.25, 0.3) is 5.91 Å². The fourth-order valence-electron chi connectivity index (χ4n) is 3.62. The van der Waals surface area contributed by atoms with Crippen LogP contribution < -0.4 is 5.32 Å². The largest absolute Gasteiger partial charge is 0.444 e. The summed E-state index contributed by atoms with van der Waals surface area (Å²) >= 11 is 5.99. The lowest BCUT2D eigenvalue weighted by Gasteiger charge is -2.39. The topological polar surface area (TPSA) is 67.9 Å². The highest BCUT2D eigenvalue weighted by Crippen LogP contribution is 2.39. The van der Waals surface area contributed by atoms with Gasteiger partial charge < -0.3 is 19.4 Å². The number of benzene rings is 1. The normalized spacial score (nSPS) is 19.5. The standard InChI is InChI=1S/C25H41ClN2O4Si/c1-24(2,3)31-23(30)27-15-9-10-19-16-28(22(29)18-11-13-20(26)14-12-18)17-21(19)32-33(7,8)25(4,5)6/h11-14,19,21H,9-10,15-17H2,1-8H3,(H,27,30)/t19-,21-/m1/s1. The van der Waals surface area contributed by atoms with Gasteiger partial charge in [-0.15, -0.1) is 0 Å². The molecule has 1 aliphatic heterocycles. The number of rotatable bonds is 7. The smallest absolute Gasteiger partial charge is 0.407 e. The minimum absolute atomic E-state index is 0.00452. The zero-order valence-corrected chi connectivity index (χ0v) is 23.2. The van der Waals surface area contributed by atoms with Gasteiger partial charge in [0.1, 0.15) is 5.60 Å². The first-order valence-electron chi connectivity index (χ1n) is 11.8. The first-order valence-corrected chi connectivity index (χ1v) is 15.1. The number of hydrogen-bond acceptors (Lipinski definition) is 4. The second kappa shape index (κ2) is 10.8. The van der Waals surface area contributed by atoms with Crippen molar-refractivity contribution in [3.8, 4) is 0 Å². The molecule has 8 heteroatoms. The molecule has 0 unspecified atom stereocenters. The van der Waals surface area contributed by atoms with E-state index in [1.165, 1.54) is 0 Å². The van der Waals surface area contributed by atoms with Crippen molar-refractivity contribution in [3.63, 3.8) is 0 Å². The van der Waals surface area contributed by atoms with Crippen LogP contribution in [-0.4, -0.2) is 56.6 Å². The Kier molecular flexibility index (Phi) is 9.04. The predicted octanol–water partition coefficient (Wildman–Crippen LogP) is 6.11. The van der Waals surface area contributed by atoms with Crippen molar-refractivity contribution in [2.75, 3.05) is 19.6 Å². The molecule has 0 saturated carbocycles. The summed E-state index contributed by atoms with van der Waals surface area (Å²) in [6, 6.07) is 7.03. The molecule has 2 atom stereocenters. The number of carbonyl (C=O) groups excluding carboxylic acids is 2. The molecule has 1 fully saturated rings. The van der Waals surface area contributed by atoms with Crippen molar-refractivity contribution >= 4 is 31.9 Å². The second-order valence-electron chi connectivity index (χ2n) is 11.5. The summed E-state index contributed by atoms with van der Waals surface area (Å²) in [7, 11) is -2.00. The van der Waals surface area contributed by atoms with Crippen LogP contribution in [0.4, 0.5) is 4.79 Å². The third kappa shape index (κ3) is 8.30. The third-order valence-electron chi connectivity index (χ3n) is 6.43. The van der Waals surface area contributed by atoms with E-state index in [-0.39, 0.29) is 23.0 Å². The number of likely N-dealkylation sites (tertiary alicyclic amines) is 1. The lowest BCUT2D eigenvalue weighted by Crippen LogP contribution is -2.46. The van der Waals surface area contributed by atoms with Gasteiger partial charge in [0.15, 0.2) is 8.32 Å². The highest BCUT2D eigenvalue weighted by Gasteiger charge is 2.44. The number of carbonyl (C=O) groups is 2. The average Bonchev–Trinajstić information content (AvgIpc) is 3.05. The maximum atomic E-state index is 13.1. The molecule has 0 bridgehead atoms. The minimum Gasteiger partial charge on any atom is -0.444 e. The van der Waals surface area contributed by atoms with Gasteiger partial charge in [0, 0.05) is 36.1 Å². The predicted molar refractivity (Wildman–Crippen MR) is 136 cm³/mol. The number of amides is 2. The van der Waals surface area contributed by atoms with Crippen molar-refractivity contribution in [3.05, 3.63) is 34.9 Å². The van der Waals surface area contributed by atoms with Crippen LogP contribution >= 0.6 is 11.6 Å². The Morgan fingerprint density at radius 1 is 1.09 bits per heavy atom. The van der Waals surface area contributed by atoms with Gasteiger partial charge in [-0.25, -0.2) is 4.79 Å². The Hall–Kier alpha value is -1.57. The maximum Gasteiger partial charge on any atom is 0.407 e. The van der Waals surface area contributed by atoms with E-state index in [4.69, 9.17) is 20.8 Å². The van der Waals surface area contributed by atoms with Gasteiger partial charge in [-0.05, 0) is 76.0 Å². The van der Waals surface area contributed by atoms with E-state index in [0.717, 1.165) is 12.8 Å². The number of nitrogens with one attached hydrogen (secondary N) is 1. The van der Waals surface area contributed by atoms with Gasteiger partial charge in [-0.2, -0.15) is 0 Å². The van der Waals surface area contributed by atoms with E-state index in [1.807, 2.05) is 25.7 Å². The van der Waals surface area contributed by atoms with Crippen LogP contribution in [0.5, 0.6) is 0 Å². The summed E-state index contributed by atoms with van der Waals surface area (Å²) in [6.07, 6.45) is 1.25. The van der Waals surface area contributed by atoms with Crippen LogP contribution in [0.3, 0.4) is 0 Å². The highest BCUT2D eigenvalue weighted by molar-refractivity contribution is 6.74. The molecule has 1 aromatic carbocycles. The summed E-state index contributed by atoms with van der Waals surface area (Å²) in [5.41, 5.74) is 0.123. The van der Waals surface area contributed by atoms with Crippen LogP contribution in [-0.2, 0) is 9.16 Å². The molecule has 1 aromatic rings. The zero-order chi connectivity index (χ0) is 25.0. The second-order valence-corrected chi connectivity index (χ2v) is 16.7. The Balaban J connectivity index is 2.04. The molecule has 1 N–H and O–H groups in total. The van der Waals surface area contributed by atoms with Gasteiger partial charge in [-0.3, -0.25) is 4.79 Å². The summed E-state index contributed by atoms with van der Waals surface area (Å²) < 4.78 is 12.1. The molecule has 33 heavy (non-hydrogen) atoms. The monoisotopic (exact) mass is 496 g/mol. The van der Waals surface area contributed by atoms with Crippen molar-refractivity contribution in [1.82, 2.24) is 10.2 Å². The SMILES string of the molecule is CC(C)(C)OC(=O)NCCC[C@@H]1CN(C(=O)c2ccc(Cl)cc2)C[C@H]1O[Si](C)(C)C(C)(C)C. The molecule has 2 amide bonds. The number of nitrogens with zero attached hydrogens (tertiary/aromatic N) is 1. The lowest BCUT2D eigenvalue weighted by molar-refractivity contribution is 0.0525. The van der Waals surface area contributed by atoms with Crippen LogP contribution in [0.1, 0.15) is 64.7 Å². The summed E-state index contributed by atoms with van der Waals surface area (Å²) in [4.78, 5) is 26.9. The Labute approximate surface area is 205 Å². The molecule has 6 nitrogen and oxygen atoms in total. The van der Waals surface area contributed by atoms with Crippen LogP contribution in [0, 0.1) is 5.92 Å². The fourth-order valence-corrected chi connectivity index (χ4v) is 5.12. The van der Waals surface area contributed by atoms with Gasteiger partial charge in [-0.1, -0.05) is 32.4 Å². The number of halogens is 1. The molecule has 2 rings (SSSR count). The summed E-state index contributed by atoms with van der Waals surface area (Å²) in [6.45, 7) is 18.5. The fraction of sp³-hybridized carbons (Fsp3) is 0.680. The van der Waals surface area contributed by atoms with Crippen LogP contribution in [0.15, 0.2) is 24.3 Å². The molecule has 0 radical (unpaired) electrons. The molecular weight excluding hydrogens is 456 g/mol. The highest BCUT2D eigenvalue weighted by atomic mass is 35.5. The Morgan fingerprint density at radius 2 is 1.70 bits per heavy atom. The number of alkyl carbamates (subject to hydrolysis) is 1. The van der Waals surface area contributed by atoms with Gasteiger partial charge in [0.05, 0.1) is 6.10 Å². The third-order valence-corrected chi connectivity index (χ3v) is 11.2. The van der Waals surface area contributed by atoms with Crippen molar-refractivity contribution in [2.24, 2.45) is 5.92 Å². The van der Waals surface area contributed by atoms with Gasteiger partial charge in [0.2, 0.25) is 0 Å². The molecule has 0 aliphatic carbocycles. The molecule has 1 aliphatic rings. The van der Waals surface area contributed by atoms with E-state index in [1.54, 1.807) is 24.3 Å². The molecular formula is C25H41ClN2O4Si. The average molecular weight is 497 g/mol. The quantitative estimate of drug-likeness (QED) is 0.365. The number of ether oxygens (including phenoxy) is 1. The first-order chi connectivity index (χ1) is 15.1. The maximum absolute atomic E-state index is 13.1. The summed E-state index contributed by atoms with van der Waals surface area (Å²) in [5.74, 6) is 0.223. The van der Waals surface area contributed by atoms with Crippen molar-refractivity contribution in [1.29, 1.82) is 0 Å². The Morgan fingerprint density at radius 3 is 2.24 bits per heavy atom. The van der Waals surface area contributed by atoms with Crippen molar-refractivity contribution in [2.45, 2.75) is 84.2 Å². The molecule has 0 spiro atoms. The number of hydrogen-bond donors (Lipinski definition) is 1.